The topological polar surface area (TPSA) is 40.1 Å². The predicted octanol–water partition coefficient (Wildman–Crippen LogP) is 1.42. The average molecular weight is 225 g/mol. The van der Waals surface area contributed by atoms with Gasteiger partial charge in [0.05, 0.1) is 0 Å². The van der Waals surface area contributed by atoms with Crippen LogP contribution in [0.15, 0.2) is 11.9 Å². The van der Waals surface area contributed by atoms with Gasteiger partial charge in [-0.3, -0.25) is 0 Å². The summed E-state index contributed by atoms with van der Waals surface area (Å²) in [6.07, 6.45) is -4.73. The summed E-state index contributed by atoms with van der Waals surface area (Å²) in [6, 6.07) is 0. The fraction of sp³-hybridized carbons (Fsp3) is 0.667. The van der Waals surface area contributed by atoms with Crippen molar-refractivity contribution in [2.45, 2.75) is 20.0 Å². The number of carbonyl (C=O) groups is 1. The van der Waals surface area contributed by atoms with E-state index < -0.39 is 35.2 Å². The average Bonchev–Trinajstić information content (AvgIpc) is 2.50. The third-order valence-electron chi connectivity index (χ3n) is 2.76. The Hall–Kier alpha value is -1.07. The van der Waals surface area contributed by atoms with E-state index >= 15 is 0 Å². The highest BCUT2D eigenvalue weighted by Gasteiger charge is 2.58. The SMILES string of the molecule is CC1(C)C(C=C(F)C(F)(F)F)C1C(=O)[O-]. The van der Waals surface area contributed by atoms with Crippen molar-refractivity contribution < 1.29 is 27.5 Å². The molecule has 1 saturated carbocycles. The molecule has 0 saturated heterocycles. The van der Waals surface area contributed by atoms with Crippen LogP contribution in [0, 0.1) is 17.3 Å². The van der Waals surface area contributed by atoms with Crippen molar-refractivity contribution in [2.75, 3.05) is 0 Å². The highest BCUT2D eigenvalue weighted by molar-refractivity contribution is 5.74. The van der Waals surface area contributed by atoms with E-state index in [1.165, 1.54) is 13.8 Å². The number of hydrogen-bond acceptors (Lipinski definition) is 2. The van der Waals surface area contributed by atoms with Gasteiger partial charge in [-0.2, -0.15) is 13.2 Å². The molecule has 0 amide bonds. The standard InChI is InChI=1S/C9H10F4O2/c1-8(2)4(6(8)7(14)15)3-5(10)9(11,12)13/h3-4,6H,1-2H3,(H,14,15)/p-1. The van der Waals surface area contributed by atoms with E-state index in [2.05, 4.69) is 0 Å². The van der Waals surface area contributed by atoms with E-state index in [1.54, 1.807) is 0 Å². The molecule has 1 fully saturated rings. The van der Waals surface area contributed by atoms with Gasteiger partial charge in [-0.1, -0.05) is 13.8 Å². The molecular formula is C9H9F4O2-. The molecule has 0 spiro atoms. The molecular weight excluding hydrogens is 216 g/mol. The van der Waals surface area contributed by atoms with Crippen LogP contribution in [0.5, 0.6) is 0 Å². The molecule has 0 aromatic rings. The lowest BCUT2D eigenvalue weighted by Crippen LogP contribution is -2.26. The first kappa shape index (κ1) is 12.0. The van der Waals surface area contributed by atoms with Crippen molar-refractivity contribution in [3.63, 3.8) is 0 Å². The Kier molecular flexibility index (Phi) is 2.57. The van der Waals surface area contributed by atoms with Gasteiger partial charge in [-0.15, -0.1) is 0 Å². The maximum atomic E-state index is 12.5. The molecule has 0 aromatic heterocycles. The second kappa shape index (κ2) is 3.21. The van der Waals surface area contributed by atoms with Crippen molar-refractivity contribution in [1.82, 2.24) is 0 Å². The Morgan fingerprint density at radius 2 is 1.87 bits per heavy atom. The summed E-state index contributed by atoms with van der Waals surface area (Å²) < 4.78 is 47.9. The number of allylic oxidation sites excluding steroid dienone is 2. The van der Waals surface area contributed by atoms with Gasteiger partial charge in [-0.05, 0) is 17.4 Å². The first-order chi connectivity index (χ1) is 6.58. The minimum atomic E-state index is -5.05. The van der Waals surface area contributed by atoms with Crippen LogP contribution in [0.1, 0.15) is 13.8 Å². The van der Waals surface area contributed by atoms with Gasteiger partial charge in [0.25, 0.3) is 0 Å². The van der Waals surface area contributed by atoms with Gasteiger partial charge >= 0.3 is 6.18 Å². The molecule has 6 heteroatoms. The van der Waals surface area contributed by atoms with Gasteiger partial charge in [0.1, 0.15) is 0 Å². The lowest BCUT2D eigenvalue weighted by atomic mass is 10.1. The number of carbonyl (C=O) groups excluding carboxylic acids is 1. The zero-order chi connectivity index (χ0) is 12.0. The third kappa shape index (κ3) is 2.13. The van der Waals surface area contributed by atoms with Gasteiger partial charge in [0.15, 0.2) is 5.83 Å². The molecule has 1 aliphatic rings. The number of aliphatic carboxylic acids is 1. The molecule has 86 valence electrons. The Morgan fingerprint density at radius 3 is 2.13 bits per heavy atom. The number of hydrogen-bond donors (Lipinski definition) is 0. The van der Waals surface area contributed by atoms with Crippen molar-refractivity contribution in [3.8, 4) is 0 Å². The number of halogens is 4. The molecule has 15 heavy (non-hydrogen) atoms. The Morgan fingerprint density at radius 1 is 1.40 bits per heavy atom. The molecule has 0 bridgehead atoms. The third-order valence-corrected chi connectivity index (χ3v) is 2.76. The number of alkyl halides is 3. The molecule has 0 aliphatic heterocycles. The van der Waals surface area contributed by atoms with Crippen LogP contribution in [-0.2, 0) is 4.79 Å². The fourth-order valence-corrected chi connectivity index (χ4v) is 1.69. The van der Waals surface area contributed by atoms with Crippen LogP contribution in [0.4, 0.5) is 17.6 Å². The molecule has 0 heterocycles. The van der Waals surface area contributed by atoms with Gasteiger partial charge in [0.2, 0.25) is 0 Å². The van der Waals surface area contributed by atoms with Gasteiger partial charge in [-0.25, -0.2) is 4.39 Å². The number of carboxylic acid groups (broad SMARTS) is 1. The van der Waals surface area contributed by atoms with E-state index in [-0.39, 0.29) is 0 Å². The smallest absolute Gasteiger partial charge is 0.442 e. The minimum absolute atomic E-state index is 0.320. The van der Waals surface area contributed by atoms with Crippen molar-refractivity contribution in [2.24, 2.45) is 17.3 Å². The lowest BCUT2D eigenvalue weighted by molar-refractivity contribution is -0.309. The van der Waals surface area contributed by atoms with Crippen LogP contribution in [0.3, 0.4) is 0 Å². The second-order valence-electron chi connectivity index (χ2n) is 4.16. The highest BCUT2D eigenvalue weighted by Crippen LogP contribution is 2.59. The summed E-state index contributed by atoms with van der Waals surface area (Å²) in [5.74, 6) is -5.70. The fourth-order valence-electron chi connectivity index (χ4n) is 1.69. The zero-order valence-electron chi connectivity index (χ0n) is 8.06. The van der Waals surface area contributed by atoms with Crippen LogP contribution >= 0.6 is 0 Å². The summed E-state index contributed by atoms with van der Waals surface area (Å²) in [7, 11) is 0. The van der Waals surface area contributed by atoms with Crippen molar-refractivity contribution >= 4 is 5.97 Å². The molecule has 2 unspecified atom stereocenters. The zero-order valence-corrected chi connectivity index (χ0v) is 8.06. The lowest BCUT2D eigenvalue weighted by Gasteiger charge is -2.02. The summed E-state index contributed by atoms with van der Waals surface area (Å²) in [6.45, 7) is 2.91. The molecule has 1 aliphatic carbocycles. The van der Waals surface area contributed by atoms with E-state index in [0.717, 1.165) is 0 Å². The summed E-state index contributed by atoms with van der Waals surface area (Å²) in [4.78, 5) is 10.5. The molecule has 0 radical (unpaired) electrons. The van der Waals surface area contributed by atoms with Crippen LogP contribution < -0.4 is 5.11 Å². The predicted molar refractivity (Wildman–Crippen MR) is 41.0 cm³/mol. The maximum Gasteiger partial charge on any atom is 0.442 e. The number of carboxylic acids is 1. The van der Waals surface area contributed by atoms with Crippen LogP contribution in [-0.4, -0.2) is 12.1 Å². The first-order valence-electron chi connectivity index (χ1n) is 4.24. The minimum Gasteiger partial charge on any atom is -0.550 e. The Labute approximate surface area is 83.6 Å². The van der Waals surface area contributed by atoms with E-state index in [0.29, 0.717) is 6.08 Å². The summed E-state index contributed by atoms with van der Waals surface area (Å²) in [5.41, 5.74) is -0.874. The largest absolute Gasteiger partial charge is 0.550 e. The summed E-state index contributed by atoms with van der Waals surface area (Å²) in [5, 5.41) is 10.5. The van der Waals surface area contributed by atoms with Crippen LogP contribution in [0.25, 0.3) is 0 Å². The van der Waals surface area contributed by atoms with E-state index in [4.69, 9.17) is 0 Å². The first-order valence-corrected chi connectivity index (χ1v) is 4.24. The highest BCUT2D eigenvalue weighted by atomic mass is 19.4. The maximum absolute atomic E-state index is 12.5. The van der Waals surface area contributed by atoms with Crippen molar-refractivity contribution in [3.05, 3.63) is 11.9 Å². The van der Waals surface area contributed by atoms with Crippen molar-refractivity contribution in [1.29, 1.82) is 0 Å². The molecule has 0 N–H and O–H groups in total. The quantitative estimate of drug-likeness (QED) is 0.667. The summed E-state index contributed by atoms with van der Waals surface area (Å²) >= 11 is 0. The molecule has 2 nitrogen and oxygen atoms in total. The number of rotatable bonds is 2. The molecule has 1 rings (SSSR count). The Balaban J connectivity index is 2.83. The van der Waals surface area contributed by atoms with E-state index in [9.17, 15) is 27.5 Å². The molecule has 2 atom stereocenters. The second-order valence-corrected chi connectivity index (χ2v) is 4.16. The van der Waals surface area contributed by atoms with E-state index in [1.807, 2.05) is 0 Å². The Bertz CT molecular complexity index is 317. The normalized spacial score (nSPS) is 30.1. The van der Waals surface area contributed by atoms with Gasteiger partial charge < -0.3 is 9.90 Å². The van der Waals surface area contributed by atoms with Gasteiger partial charge in [0, 0.05) is 11.9 Å². The monoisotopic (exact) mass is 225 g/mol. The van der Waals surface area contributed by atoms with Crippen LogP contribution in [0.2, 0.25) is 0 Å². The molecule has 0 aromatic carbocycles.